The van der Waals surface area contributed by atoms with E-state index in [1.54, 1.807) is 62.1 Å². The first-order valence-corrected chi connectivity index (χ1v) is 10.2. The van der Waals surface area contributed by atoms with E-state index in [9.17, 15) is 4.79 Å². The lowest BCUT2D eigenvalue weighted by Crippen LogP contribution is -2.29. The fraction of sp³-hybridized carbons (Fsp3) is 0.167. The summed E-state index contributed by atoms with van der Waals surface area (Å²) in [5.74, 6) is 1.94. The number of hydrogen-bond acceptors (Lipinski definition) is 8. The first-order chi connectivity index (χ1) is 16.1. The lowest BCUT2D eigenvalue weighted by atomic mass is 9.98. The van der Waals surface area contributed by atoms with Crippen molar-refractivity contribution in [3.8, 4) is 23.1 Å². The number of aryl methyl sites for hydroxylation is 1. The summed E-state index contributed by atoms with van der Waals surface area (Å²) in [4.78, 5) is 37.1. The Balaban J connectivity index is 1.69. The number of benzene rings is 1. The van der Waals surface area contributed by atoms with E-state index in [1.807, 2.05) is 25.1 Å². The first kappa shape index (κ1) is 20.5. The number of ether oxygens (including phenoxy) is 2. The molecular weight excluding hydrogens is 420 g/mol. The lowest BCUT2D eigenvalue weighted by Gasteiger charge is -2.25. The quantitative estimate of drug-likeness (QED) is 0.465. The van der Waals surface area contributed by atoms with Crippen LogP contribution in [0.2, 0.25) is 0 Å². The zero-order valence-corrected chi connectivity index (χ0v) is 18.3. The van der Waals surface area contributed by atoms with Crippen LogP contribution in [-0.4, -0.2) is 45.0 Å². The monoisotopic (exact) mass is 440 g/mol. The van der Waals surface area contributed by atoms with Gasteiger partial charge in [-0.15, -0.1) is 0 Å². The number of carbonyl (C=O) groups is 1. The minimum absolute atomic E-state index is 0.213. The number of rotatable bonds is 5. The number of anilines is 1. The second kappa shape index (κ2) is 8.27. The van der Waals surface area contributed by atoms with Crippen LogP contribution in [0.3, 0.4) is 0 Å². The minimum atomic E-state index is -0.458. The van der Waals surface area contributed by atoms with Crippen LogP contribution in [0.15, 0.2) is 61.2 Å². The van der Waals surface area contributed by atoms with Gasteiger partial charge in [-0.05, 0) is 48.4 Å². The Bertz CT molecular complexity index is 1330. The average Bonchev–Trinajstić information content (AvgIpc) is 3.15. The molecule has 1 aliphatic heterocycles. The Hall–Kier alpha value is -4.40. The molecule has 0 aliphatic carbocycles. The number of nitrogens with zero attached hydrogens (tertiary/aromatic N) is 6. The molecule has 0 radical (unpaired) electrons. The number of amides is 1. The number of hydrogen-bond donors (Lipinski definition) is 0. The summed E-state index contributed by atoms with van der Waals surface area (Å²) in [6.07, 6.45) is 6.60. The van der Waals surface area contributed by atoms with E-state index in [4.69, 9.17) is 9.47 Å². The summed E-state index contributed by atoms with van der Waals surface area (Å²) in [5, 5.41) is 0. The van der Waals surface area contributed by atoms with Crippen molar-refractivity contribution in [2.75, 3.05) is 19.1 Å². The zero-order valence-electron chi connectivity index (χ0n) is 18.3. The Labute approximate surface area is 190 Å². The molecule has 0 spiro atoms. The van der Waals surface area contributed by atoms with Gasteiger partial charge in [0.05, 0.1) is 20.3 Å². The van der Waals surface area contributed by atoms with Crippen LogP contribution in [-0.2, 0) is 0 Å². The number of aromatic nitrogens is 5. The van der Waals surface area contributed by atoms with E-state index in [2.05, 4.69) is 24.9 Å². The molecule has 0 bridgehead atoms. The summed E-state index contributed by atoms with van der Waals surface area (Å²) >= 11 is 0. The van der Waals surface area contributed by atoms with Crippen molar-refractivity contribution in [2.24, 2.45) is 0 Å². The highest BCUT2D eigenvalue weighted by molar-refractivity contribution is 6.11. The summed E-state index contributed by atoms with van der Waals surface area (Å²) in [6.45, 7) is 1.92. The Morgan fingerprint density at radius 1 is 0.879 bits per heavy atom. The first-order valence-electron chi connectivity index (χ1n) is 10.2. The smallest absolute Gasteiger partial charge is 0.260 e. The van der Waals surface area contributed by atoms with Gasteiger partial charge in [0.2, 0.25) is 0 Å². The van der Waals surface area contributed by atoms with Crippen molar-refractivity contribution < 1.29 is 14.3 Å². The maximum Gasteiger partial charge on any atom is 0.260 e. The van der Waals surface area contributed by atoms with Crippen molar-refractivity contribution in [1.29, 1.82) is 0 Å². The lowest BCUT2D eigenvalue weighted by molar-refractivity contribution is 0.0992. The molecule has 0 fully saturated rings. The van der Waals surface area contributed by atoms with Gasteiger partial charge < -0.3 is 9.47 Å². The molecule has 0 N–H and O–H groups in total. The molecule has 0 saturated carbocycles. The predicted octanol–water partition coefficient (Wildman–Crippen LogP) is 3.40. The summed E-state index contributed by atoms with van der Waals surface area (Å²) in [6, 6.07) is 10.4. The molecule has 0 unspecified atom stereocenters. The molecule has 164 valence electrons. The van der Waals surface area contributed by atoms with Crippen molar-refractivity contribution in [1.82, 2.24) is 24.9 Å². The average molecular weight is 440 g/mol. The highest BCUT2D eigenvalue weighted by atomic mass is 16.5. The van der Waals surface area contributed by atoms with Gasteiger partial charge in [-0.1, -0.05) is 6.07 Å². The summed E-state index contributed by atoms with van der Waals surface area (Å²) in [5.41, 5.74) is 3.01. The third kappa shape index (κ3) is 3.53. The Morgan fingerprint density at radius 2 is 1.61 bits per heavy atom. The topological polar surface area (TPSA) is 103 Å². The molecule has 33 heavy (non-hydrogen) atoms. The van der Waals surface area contributed by atoms with Gasteiger partial charge in [-0.25, -0.2) is 19.9 Å². The van der Waals surface area contributed by atoms with Crippen molar-refractivity contribution >= 4 is 11.7 Å². The van der Waals surface area contributed by atoms with Crippen LogP contribution in [0.4, 0.5) is 5.82 Å². The van der Waals surface area contributed by atoms with Crippen molar-refractivity contribution in [2.45, 2.75) is 13.0 Å². The van der Waals surface area contributed by atoms with E-state index in [1.165, 1.54) is 0 Å². The molecule has 9 heteroatoms. The molecule has 4 heterocycles. The largest absolute Gasteiger partial charge is 0.493 e. The third-order valence-electron chi connectivity index (χ3n) is 5.46. The molecular formula is C24H20N6O3. The van der Waals surface area contributed by atoms with Gasteiger partial charge in [0.25, 0.3) is 5.91 Å². The molecule has 5 rings (SSSR count). The molecule has 9 nitrogen and oxygen atoms in total. The van der Waals surface area contributed by atoms with Crippen LogP contribution in [0.25, 0.3) is 11.6 Å². The molecule has 3 aromatic heterocycles. The van der Waals surface area contributed by atoms with E-state index in [0.717, 1.165) is 16.8 Å². The number of methoxy groups -OCH3 is 2. The molecule has 1 aliphatic rings. The maximum atomic E-state index is 13.7. The SMILES string of the molecule is COc1cc2c(cc1OC)[C@H](c1ccc(C)nc1)N(c1ccnc(-c3ncccn3)n1)C2=O. The maximum absolute atomic E-state index is 13.7. The normalized spacial score (nSPS) is 14.8. The second-order valence-corrected chi connectivity index (χ2v) is 7.42. The predicted molar refractivity (Wildman–Crippen MR) is 120 cm³/mol. The molecule has 1 amide bonds. The minimum Gasteiger partial charge on any atom is -0.493 e. The van der Waals surface area contributed by atoms with Crippen molar-refractivity contribution in [3.63, 3.8) is 0 Å². The van der Waals surface area contributed by atoms with Crippen molar-refractivity contribution in [3.05, 3.63) is 83.6 Å². The number of fused-ring (bicyclic) bond motifs is 1. The van der Waals surface area contributed by atoms with E-state index >= 15 is 0 Å². The van der Waals surface area contributed by atoms with Gasteiger partial charge in [-0.3, -0.25) is 14.7 Å². The zero-order chi connectivity index (χ0) is 22.9. The fourth-order valence-electron chi connectivity index (χ4n) is 3.90. The Kier molecular flexibility index (Phi) is 5.14. The van der Waals surface area contributed by atoms with Crippen LogP contribution in [0.5, 0.6) is 11.5 Å². The molecule has 1 aromatic carbocycles. The highest BCUT2D eigenvalue weighted by Crippen LogP contribution is 2.45. The Morgan fingerprint density at radius 3 is 2.30 bits per heavy atom. The van der Waals surface area contributed by atoms with Gasteiger partial charge >= 0.3 is 0 Å². The van der Waals surface area contributed by atoms with E-state index in [0.29, 0.717) is 34.5 Å². The van der Waals surface area contributed by atoms with E-state index in [-0.39, 0.29) is 5.91 Å². The number of pyridine rings is 1. The number of carbonyl (C=O) groups excluding carboxylic acids is 1. The van der Waals surface area contributed by atoms with Crippen LogP contribution in [0.1, 0.15) is 33.2 Å². The van der Waals surface area contributed by atoms with Crippen LogP contribution in [0, 0.1) is 6.92 Å². The molecule has 0 saturated heterocycles. The highest BCUT2D eigenvalue weighted by Gasteiger charge is 2.41. The van der Waals surface area contributed by atoms with Crippen LogP contribution >= 0.6 is 0 Å². The summed E-state index contributed by atoms with van der Waals surface area (Å²) < 4.78 is 10.9. The van der Waals surface area contributed by atoms with Gasteiger partial charge in [0.15, 0.2) is 23.1 Å². The summed E-state index contributed by atoms with van der Waals surface area (Å²) in [7, 11) is 3.11. The second-order valence-electron chi connectivity index (χ2n) is 7.42. The fourth-order valence-corrected chi connectivity index (χ4v) is 3.90. The van der Waals surface area contributed by atoms with E-state index < -0.39 is 6.04 Å². The van der Waals surface area contributed by atoms with Gasteiger partial charge in [0.1, 0.15) is 5.82 Å². The molecule has 1 atom stereocenters. The standard InChI is InChI=1S/C24H20N6O3/c1-14-5-6-15(13-28-14)21-16-11-18(32-2)19(33-3)12-17(16)24(31)30(21)20-7-10-27-23(29-20)22-25-8-4-9-26-22/h4-13,21H,1-3H3/t21-/m0/s1. The molecule has 4 aromatic rings. The van der Waals surface area contributed by atoms with Gasteiger partial charge in [-0.2, -0.15) is 0 Å². The van der Waals surface area contributed by atoms with Crippen LogP contribution < -0.4 is 14.4 Å². The van der Waals surface area contributed by atoms with Gasteiger partial charge in [0, 0.05) is 36.0 Å². The third-order valence-corrected chi connectivity index (χ3v) is 5.46.